The Hall–Kier alpha value is -15.5. The fourth-order valence-corrected chi connectivity index (χ4v) is 16.5. The van der Waals surface area contributed by atoms with E-state index in [4.69, 9.17) is 92.0 Å². The van der Waals surface area contributed by atoms with E-state index in [-0.39, 0.29) is 121 Å². The Morgan fingerprint density at radius 1 is 0.305 bits per heavy atom. The molecule has 20 aromatic rings. The molecule has 0 radical (unpaired) electrons. The summed E-state index contributed by atoms with van der Waals surface area (Å²) in [7, 11) is 1.37. The molecule has 12 heterocycles. The monoisotopic (exact) mass is 2040 g/mol. The first-order valence-electron chi connectivity index (χ1n) is 41.3. The second-order valence-corrected chi connectivity index (χ2v) is 33.3. The van der Waals surface area contributed by atoms with Crippen molar-refractivity contribution < 1.29 is 94.3 Å². The quantitative estimate of drug-likeness (QED) is 0.0476. The molecule has 0 amide bonds. The van der Waals surface area contributed by atoms with Crippen LogP contribution in [0, 0.1) is 6.92 Å². The number of aryl methyl sites for hydroxylation is 1. The number of benzene rings is 8. The lowest BCUT2D eigenvalue weighted by atomic mass is 10.0. The van der Waals surface area contributed by atoms with Crippen LogP contribution in [-0.4, -0.2) is 109 Å². The maximum atomic E-state index is 14.6. The lowest BCUT2D eigenvalue weighted by Gasteiger charge is -2.15. The third kappa shape index (κ3) is 20.8. The summed E-state index contributed by atoms with van der Waals surface area (Å²) in [5.74, 6) is -6.59. The average molecular weight is 2040 g/mol. The summed E-state index contributed by atoms with van der Waals surface area (Å²) in [4.78, 5) is 70.0. The highest BCUT2D eigenvalue weighted by Gasteiger charge is 2.48. The van der Waals surface area contributed by atoms with Crippen LogP contribution in [0.2, 0.25) is 30.1 Å². The summed E-state index contributed by atoms with van der Waals surface area (Å²) in [6.45, 7) is 1.04. The van der Waals surface area contributed by atoms with Gasteiger partial charge in [-0.05, 0) is 181 Å². The lowest BCUT2D eigenvalue weighted by Crippen LogP contribution is -2.19. The zero-order valence-electron chi connectivity index (χ0n) is 71.9. The van der Waals surface area contributed by atoms with Gasteiger partial charge in [0.25, 0.3) is 70.3 Å². The van der Waals surface area contributed by atoms with Crippen molar-refractivity contribution in [2.75, 3.05) is 7.11 Å². The van der Waals surface area contributed by atoms with E-state index >= 15 is 0 Å². The number of fused-ring (bicyclic) bond motifs is 4. The first-order valence-corrected chi connectivity index (χ1v) is 43.6. The van der Waals surface area contributed by atoms with Crippen molar-refractivity contribution in [3.05, 3.63) is 394 Å². The molecule has 0 unspecified atom stereocenters. The molecule has 12 aromatic heterocycles. The highest BCUT2D eigenvalue weighted by atomic mass is 35.5. The number of methoxy groups -OCH3 is 1. The highest BCUT2D eigenvalue weighted by Crippen LogP contribution is 2.47. The lowest BCUT2D eigenvalue weighted by molar-refractivity contribution is -0.144. The number of ketones is 4. The van der Waals surface area contributed by atoms with E-state index in [1.807, 2.05) is 0 Å². The van der Waals surface area contributed by atoms with Crippen LogP contribution < -0.4 is 4.74 Å². The van der Waals surface area contributed by atoms with E-state index in [0.717, 1.165) is 18.3 Å². The fraction of sp³-hybridized carbons (Fsp3) is 0.102. The maximum Gasteiger partial charge on any atom is 0.432 e. The summed E-state index contributed by atoms with van der Waals surface area (Å²) >= 11 is 36.1. The summed E-state index contributed by atoms with van der Waals surface area (Å²) < 4.78 is 205. The minimum absolute atomic E-state index is 0.000605. The Labute approximate surface area is 815 Å². The number of halogens is 18. The van der Waals surface area contributed by atoms with Gasteiger partial charge in [-0.2, -0.15) is 52.7 Å². The minimum atomic E-state index is -4.93. The molecule has 141 heavy (non-hydrogen) atoms. The Morgan fingerprint density at radius 3 is 0.936 bits per heavy atom. The van der Waals surface area contributed by atoms with Crippen LogP contribution in [0.15, 0.2) is 285 Å². The SMILES string of the molecule is COc1ccc2c(c1)c(C(=O)c1nnc(-c3ccccn3)o1)c(C(F)(F)F)n2Cc1ccc(Cl)cc1Cl.Cc1ccc2c(c1)c(C(=O)c1nnc(-c3ccccn3)o1)c(C(F)(F)F)n2Cc1ccc(Cl)cc1.O=C(c1nnc(-c2ccccn2)o1)c1c(C(F)(F)F)n(Cc2ccc(Cl)cc2)c2ccc(Cl)cc12.O=C(c1nnc(-c2ccccn2)o1)c1c(C(F)(F)F)n(Cc2ccc(Cl)cc2)c2ccccc12. The van der Waals surface area contributed by atoms with Crippen LogP contribution in [-0.2, 0) is 50.9 Å². The molecule has 710 valence electrons. The first-order chi connectivity index (χ1) is 67.4. The van der Waals surface area contributed by atoms with Gasteiger partial charge in [0.2, 0.25) is 0 Å². The van der Waals surface area contributed by atoms with Crippen molar-refractivity contribution in [1.29, 1.82) is 0 Å². The first kappa shape index (κ1) is 97.1. The standard InChI is InChI=1S/C25H15Cl2F3N4O3.C25H16ClF3N4O2.C24H13Cl2F3N4O2.C24H14ClF3N4O2/c1-36-15-7-8-19-16(11-15)20(21(35)24-33-32-23(37-24)18-4-2-3-9-31-18)22(25(28,29)30)34(19)12-13-5-6-14(26)10-17(13)27;1-14-5-10-19-17(12-14)20(21(34)24-32-31-23(35-24)18-4-2-3-11-30-18)22(25(27,28)29)33(19)13-15-6-8-16(26)9-7-15;25-14-6-4-13(5-7-14)12-33-18-9-8-15(26)11-16(18)19(21(33)24(27,28)29)20(34)23-32-31-22(35-23)17-3-1-2-10-30-17;25-15-10-8-14(9-11-15)13-32-18-7-2-1-5-16(18)19(21(32)24(26,27)28)20(33)23-31-30-22(34-23)17-6-3-4-12-29-17/h2-11H,12H2,1H3;2-12H,13H2,1H3;1-11H,12H2;1-12H,13H2. The van der Waals surface area contributed by atoms with Gasteiger partial charge in [0, 0.05) is 125 Å². The van der Waals surface area contributed by atoms with Gasteiger partial charge in [0.15, 0.2) is 0 Å². The minimum Gasteiger partial charge on any atom is -0.497 e. The predicted octanol–water partition coefficient (Wildman–Crippen LogP) is 25.8. The largest absolute Gasteiger partial charge is 0.497 e. The van der Waals surface area contributed by atoms with E-state index in [1.54, 1.807) is 183 Å². The molecular formula is C98H58Cl6F12N16O9. The average Bonchev–Trinajstić information content (AvgIpc) is 1.59. The predicted molar refractivity (Wildman–Crippen MR) is 495 cm³/mol. The number of aromatic nitrogens is 16. The van der Waals surface area contributed by atoms with Gasteiger partial charge in [-0.15, -0.1) is 40.8 Å². The number of alkyl halides is 12. The van der Waals surface area contributed by atoms with Crippen LogP contribution in [0.5, 0.6) is 5.75 Å². The van der Waals surface area contributed by atoms with Crippen LogP contribution in [0.25, 0.3) is 90.0 Å². The number of hydrogen-bond donors (Lipinski definition) is 0. The van der Waals surface area contributed by atoms with Gasteiger partial charge in [0.1, 0.15) is 51.3 Å². The fourth-order valence-electron chi connectivity index (χ4n) is 15.5. The number of hydrogen-bond acceptors (Lipinski definition) is 21. The second kappa shape index (κ2) is 40.1. The topological polar surface area (TPSA) is 304 Å². The van der Waals surface area contributed by atoms with Crippen molar-refractivity contribution in [2.45, 2.75) is 57.8 Å². The number of rotatable bonds is 21. The van der Waals surface area contributed by atoms with E-state index in [1.165, 1.54) is 98.6 Å². The van der Waals surface area contributed by atoms with E-state index in [2.05, 4.69) is 60.7 Å². The number of carbonyl (C=O) groups excluding carboxylic acids is 4. The van der Waals surface area contributed by atoms with Gasteiger partial charge >= 0.3 is 24.7 Å². The molecule has 0 N–H and O–H groups in total. The summed E-state index contributed by atoms with van der Waals surface area (Å²) in [5, 5.41) is 32.4. The van der Waals surface area contributed by atoms with Crippen molar-refractivity contribution in [3.63, 3.8) is 0 Å². The molecule has 8 aromatic carbocycles. The third-order valence-electron chi connectivity index (χ3n) is 21.6. The zero-order chi connectivity index (χ0) is 99.7. The molecule has 0 fully saturated rings. The number of pyridine rings is 4. The van der Waals surface area contributed by atoms with Gasteiger partial charge in [-0.25, -0.2) is 0 Å². The van der Waals surface area contributed by atoms with Crippen molar-refractivity contribution in [1.82, 2.24) is 79.0 Å². The van der Waals surface area contributed by atoms with Crippen LogP contribution in [0.4, 0.5) is 52.7 Å². The number of nitrogens with zero attached hydrogens (tertiary/aromatic N) is 16. The van der Waals surface area contributed by atoms with E-state index in [0.29, 0.717) is 59.3 Å². The molecule has 25 nitrogen and oxygen atoms in total. The van der Waals surface area contributed by atoms with Gasteiger partial charge in [-0.3, -0.25) is 39.1 Å². The smallest absolute Gasteiger partial charge is 0.432 e. The van der Waals surface area contributed by atoms with Crippen molar-refractivity contribution in [3.8, 4) is 52.1 Å². The zero-order valence-corrected chi connectivity index (χ0v) is 76.4. The van der Waals surface area contributed by atoms with Crippen molar-refractivity contribution in [2.24, 2.45) is 0 Å². The Balaban J connectivity index is 0.000000130. The molecule has 20 rings (SSSR count). The molecule has 0 bridgehead atoms. The number of para-hydroxylation sites is 1. The van der Waals surface area contributed by atoms with Crippen molar-refractivity contribution >= 4 is 136 Å². The summed E-state index contributed by atoms with van der Waals surface area (Å²) in [6.07, 6.45) is -13.5. The van der Waals surface area contributed by atoms with E-state index < -0.39 is 116 Å². The van der Waals surface area contributed by atoms with Gasteiger partial charge in [-0.1, -0.05) is 166 Å². The van der Waals surface area contributed by atoms with Crippen LogP contribution in [0.3, 0.4) is 0 Å². The summed E-state index contributed by atoms with van der Waals surface area (Å²) in [6, 6.07) is 63.0. The van der Waals surface area contributed by atoms with Crippen LogP contribution >= 0.6 is 69.6 Å². The molecular weight excluding hydrogens is 1990 g/mol. The molecule has 0 saturated carbocycles. The van der Waals surface area contributed by atoms with E-state index in [9.17, 15) is 71.9 Å². The molecule has 0 spiro atoms. The Bertz CT molecular complexity index is 7860. The third-order valence-corrected chi connectivity index (χ3v) is 23.2. The Kier molecular flexibility index (Phi) is 27.6. The number of ether oxygens (including phenoxy) is 1. The number of carbonyl (C=O) groups is 4. The highest BCUT2D eigenvalue weighted by molar-refractivity contribution is 6.35. The second-order valence-electron chi connectivity index (χ2n) is 30.8. The molecule has 0 atom stereocenters. The summed E-state index contributed by atoms with van der Waals surface area (Å²) in [5.41, 5.74) is -2.11. The maximum absolute atomic E-state index is 14.6. The molecule has 0 aliphatic carbocycles. The van der Waals surface area contributed by atoms with Crippen LogP contribution in [0.1, 0.15) is 116 Å². The van der Waals surface area contributed by atoms with Gasteiger partial charge < -0.3 is 40.7 Å². The molecule has 0 aliphatic rings. The Morgan fingerprint density at radius 2 is 0.596 bits per heavy atom. The normalized spacial score (nSPS) is 11.8. The molecule has 0 saturated heterocycles. The molecule has 43 heteroatoms. The molecule has 0 aliphatic heterocycles. The van der Waals surface area contributed by atoms with Gasteiger partial charge in [0.05, 0.1) is 29.4 Å².